The molecule has 1 saturated carbocycles. The average molecular weight is 194 g/mol. The van der Waals surface area contributed by atoms with Crippen molar-refractivity contribution in [2.45, 2.75) is 44.4 Å². The van der Waals surface area contributed by atoms with Gasteiger partial charge < -0.3 is 10.2 Å². The van der Waals surface area contributed by atoms with Crippen LogP contribution in [0.2, 0.25) is 0 Å². The Morgan fingerprint density at radius 1 is 1.43 bits per heavy atom. The maximum absolute atomic E-state index is 5.70. The number of oxazole rings is 1. The van der Waals surface area contributed by atoms with Crippen LogP contribution < -0.4 is 5.73 Å². The Kier molecular flexibility index (Phi) is 3.19. The van der Waals surface area contributed by atoms with Crippen LogP contribution in [0.3, 0.4) is 0 Å². The predicted octanol–water partition coefficient (Wildman–Crippen LogP) is 2.22. The molecule has 1 aromatic rings. The van der Waals surface area contributed by atoms with E-state index in [1.807, 2.05) is 6.20 Å². The quantitative estimate of drug-likeness (QED) is 0.799. The van der Waals surface area contributed by atoms with Gasteiger partial charge in [0, 0.05) is 12.3 Å². The molecule has 0 unspecified atom stereocenters. The molecule has 3 nitrogen and oxygen atoms in total. The first-order valence-electron chi connectivity index (χ1n) is 5.55. The summed E-state index contributed by atoms with van der Waals surface area (Å²) in [5.74, 6) is 2.58. The fourth-order valence-electron chi connectivity index (χ4n) is 2.09. The molecule has 1 aliphatic carbocycles. The van der Waals surface area contributed by atoms with Crippen LogP contribution >= 0.6 is 0 Å². The summed E-state index contributed by atoms with van der Waals surface area (Å²) in [6.07, 6.45) is 8.96. The van der Waals surface area contributed by atoms with Crippen LogP contribution in [0, 0.1) is 0 Å². The zero-order valence-electron chi connectivity index (χ0n) is 8.54. The molecule has 1 heterocycles. The van der Waals surface area contributed by atoms with Gasteiger partial charge in [-0.3, -0.25) is 0 Å². The van der Waals surface area contributed by atoms with E-state index in [0.717, 1.165) is 24.5 Å². The van der Waals surface area contributed by atoms with Gasteiger partial charge in [0.05, 0.1) is 6.20 Å². The second-order valence-electron chi connectivity index (χ2n) is 4.03. The molecular formula is C11H18N2O. The van der Waals surface area contributed by atoms with Crippen molar-refractivity contribution >= 4 is 0 Å². The number of hydrogen-bond donors (Lipinski definition) is 1. The molecule has 0 spiro atoms. The highest BCUT2D eigenvalue weighted by molar-refractivity contribution is 5.03. The molecule has 0 saturated heterocycles. The number of nitrogens with two attached hydrogens (primary N) is 1. The second-order valence-corrected chi connectivity index (χ2v) is 4.03. The summed E-state index contributed by atoms with van der Waals surface area (Å²) in [5.41, 5.74) is 5.44. The molecule has 1 aromatic heterocycles. The summed E-state index contributed by atoms with van der Waals surface area (Å²) in [6.45, 7) is 0.709. The van der Waals surface area contributed by atoms with Crippen LogP contribution in [0.15, 0.2) is 10.6 Å². The van der Waals surface area contributed by atoms with Crippen molar-refractivity contribution in [2.24, 2.45) is 5.73 Å². The first kappa shape index (κ1) is 9.71. The SMILES string of the molecule is NCCCc1ncc(C2CCCC2)o1. The third-order valence-electron chi connectivity index (χ3n) is 2.92. The lowest BCUT2D eigenvalue weighted by Gasteiger charge is -2.02. The Morgan fingerprint density at radius 2 is 2.21 bits per heavy atom. The Labute approximate surface area is 84.7 Å². The third kappa shape index (κ3) is 2.15. The monoisotopic (exact) mass is 194 g/mol. The lowest BCUT2D eigenvalue weighted by molar-refractivity contribution is 0.421. The van der Waals surface area contributed by atoms with Gasteiger partial charge in [-0.2, -0.15) is 0 Å². The first-order chi connectivity index (χ1) is 6.90. The van der Waals surface area contributed by atoms with Gasteiger partial charge in [-0.25, -0.2) is 4.98 Å². The number of aryl methyl sites for hydroxylation is 1. The summed E-state index contributed by atoms with van der Waals surface area (Å²) >= 11 is 0. The number of nitrogens with zero attached hydrogens (tertiary/aromatic N) is 1. The normalized spacial score (nSPS) is 17.8. The summed E-state index contributed by atoms with van der Waals surface area (Å²) < 4.78 is 5.70. The smallest absolute Gasteiger partial charge is 0.194 e. The Morgan fingerprint density at radius 3 is 2.93 bits per heavy atom. The van der Waals surface area contributed by atoms with Gasteiger partial charge in [0.2, 0.25) is 0 Å². The molecular weight excluding hydrogens is 176 g/mol. The van der Waals surface area contributed by atoms with E-state index in [4.69, 9.17) is 10.2 Å². The molecule has 0 atom stereocenters. The van der Waals surface area contributed by atoms with E-state index in [0.29, 0.717) is 12.5 Å². The average Bonchev–Trinajstić information content (AvgIpc) is 2.85. The Hall–Kier alpha value is -0.830. The number of hydrogen-bond acceptors (Lipinski definition) is 3. The van der Waals surface area contributed by atoms with Crippen LogP contribution in [0.1, 0.15) is 49.7 Å². The molecule has 1 fully saturated rings. The molecule has 2 N–H and O–H groups in total. The zero-order chi connectivity index (χ0) is 9.80. The van der Waals surface area contributed by atoms with Crippen molar-refractivity contribution in [2.75, 3.05) is 6.54 Å². The molecule has 0 radical (unpaired) electrons. The van der Waals surface area contributed by atoms with Crippen LogP contribution in [0.4, 0.5) is 0 Å². The van der Waals surface area contributed by atoms with E-state index < -0.39 is 0 Å². The highest BCUT2D eigenvalue weighted by atomic mass is 16.4. The third-order valence-corrected chi connectivity index (χ3v) is 2.92. The van der Waals surface area contributed by atoms with E-state index >= 15 is 0 Å². The maximum atomic E-state index is 5.70. The van der Waals surface area contributed by atoms with Crippen molar-refractivity contribution in [3.63, 3.8) is 0 Å². The van der Waals surface area contributed by atoms with Crippen molar-refractivity contribution in [3.8, 4) is 0 Å². The second kappa shape index (κ2) is 4.60. The van der Waals surface area contributed by atoms with Gasteiger partial charge in [0.1, 0.15) is 5.76 Å². The first-order valence-corrected chi connectivity index (χ1v) is 5.55. The molecule has 14 heavy (non-hydrogen) atoms. The molecule has 0 amide bonds. The number of aromatic nitrogens is 1. The highest BCUT2D eigenvalue weighted by Gasteiger charge is 2.20. The summed E-state index contributed by atoms with van der Waals surface area (Å²) in [4.78, 5) is 4.28. The van der Waals surface area contributed by atoms with E-state index in [1.54, 1.807) is 0 Å². The minimum absolute atomic E-state index is 0.633. The zero-order valence-corrected chi connectivity index (χ0v) is 8.54. The minimum atomic E-state index is 0.633. The van der Waals surface area contributed by atoms with Crippen molar-refractivity contribution in [1.29, 1.82) is 0 Å². The van der Waals surface area contributed by atoms with Crippen LogP contribution in [0.25, 0.3) is 0 Å². The molecule has 78 valence electrons. The van der Waals surface area contributed by atoms with Crippen LogP contribution in [-0.4, -0.2) is 11.5 Å². The predicted molar refractivity (Wildman–Crippen MR) is 55.1 cm³/mol. The van der Waals surface area contributed by atoms with Crippen molar-refractivity contribution in [3.05, 3.63) is 17.8 Å². The van der Waals surface area contributed by atoms with Crippen molar-refractivity contribution < 1.29 is 4.42 Å². The van der Waals surface area contributed by atoms with Gasteiger partial charge in [0.25, 0.3) is 0 Å². The highest BCUT2D eigenvalue weighted by Crippen LogP contribution is 2.34. The molecule has 0 aromatic carbocycles. The standard InChI is InChI=1S/C11H18N2O/c12-7-3-6-11-13-8-10(14-11)9-4-1-2-5-9/h8-9H,1-7,12H2. The van der Waals surface area contributed by atoms with Gasteiger partial charge in [-0.05, 0) is 25.8 Å². The van der Waals surface area contributed by atoms with Gasteiger partial charge in [-0.1, -0.05) is 12.8 Å². The molecule has 1 aliphatic rings. The summed E-state index contributed by atoms with van der Waals surface area (Å²) in [7, 11) is 0. The number of rotatable bonds is 4. The minimum Gasteiger partial charge on any atom is -0.445 e. The van der Waals surface area contributed by atoms with Gasteiger partial charge in [-0.15, -0.1) is 0 Å². The fourth-order valence-corrected chi connectivity index (χ4v) is 2.09. The lowest BCUT2D eigenvalue weighted by atomic mass is 10.1. The van der Waals surface area contributed by atoms with E-state index in [1.165, 1.54) is 25.7 Å². The largest absolute Gasteiger partial charge is 0.445 e. The van der Waals surface area contributed by atoms with Crippen LogP contribution in [-0.2, 0) is 6.42 Å². The Balaban J connectivity index is 1.94. The summed E-state index contributed by atoms with van der Waals surface area (Å²) in [5, 5.41) is 0. The van der Waals surface area contributed by atoms with E-state index in [9.17, 15) is 0 Å². The van der Waals surface area contributed by atoms with Gasteiger partial charge in [0.15, 0.2) is 5.89 Å². The molecule has 2 rings (SSSR count). The molecule has 3 heteroatoms. The van der Waals surface area contributed by atoms with E-state index in [2.05, 4.69) is 4.98 Å². The van der Waals surface area contributed by atoms with E-state index in [-0.39, 0.29) is 0 Å². The van der Waals surface area contributed by atoms with Crippen LogP contribution in [0.5, 0.6) is 0 Å². The maximum Gasteiger partial charge on any atom is 0.194 e. The Bertz CT molecular complexity index is 277. The van der Waals surface area contributed by atoms with Crippen molar-refractivity contribution in [1.82, 2.24) is 4.98 Å². The molecule has 0 aliphatic heterocycles. The topological polar surface area (TPSA) is 52.0 Å². The van der Waals surface area contributed by atoms with Gasteiger partial charge >= 0.3 is 0 Å². The molecule has 0 bridgehead atoms. The lowest BCUT2D eigenvalue weighted by Crippen LogP contribution is -2.00. The summed E-state index contributed by atoms with van der Waals surface area (Å²) in [6, 6.07) is 0. The fraction of sp³-hybridized carbons (Fsp3) is 0.727.